The van der Waals surface area contributed by atoms with Gasteiger partial charge in [-0.2, -0.15) is 13.2 Å². The molecule has 0 saturated carbocycles. The molecule has 1 saturated heterocycles. The molecule has 2 rings (SSSR count). The van der Waals surface area contributed by atoms with E-state index in [-0.39, 0.29) is 24.7 Å². The normalized spacial score (nSPS) is 19.3. The molecule has 0 bridgehead atoms. The van der Waals surface area contributed by atoms with Crippen molar-refractivity contribution in [3.63, 3.8) is 0 Å². The minimum atomic E-state index is -4.22. The fourth-order valence-corrected chi connectivity index (χ4v) is 2.69. The van der Waals surface area contributed by atoms with E-state index in [4.69, 9.17) is 0 Å². The Balaban J connectivity index is 1.95. The molecule has 1 atom stereocenters. The summed E-state index contributed by atoms with van der Waals surface area (Å²) in [6.07, 6.45) is -3.67. The van der Waals surface area contributed by atoms with Crippen molar-refractivity contribution in [3.8, 4) is 0 Å². The minimum absolute atomic E-state index is 0.0715. The first-order chi connectivity index (χ1) is 11.8. The highest BCUT2D eigenvalue weighted by molar-refractivity contribution is 5.80. The van der Waals surface area contributed by atoms with Crippen LogP contribution < -0.4 is 10.6 Å². The van der Waals surface area contributed by atoms with E-state index in [0.29, 0.717) is 25.5 Å². The lowest BCUT2D eigenvalue weighted by atomic mass is 10.2. The fraction of sp³-hybridized carbons (Fsp3) is 0.562. The van der Waals surface area contributed by atoms with Gasteiger partial charge in [-0.25, -0.2) is 13.8 Å². The largest absolute Gasteiger partial charge is 0.401 e. The van der Waals surface area contributed by atoms with Gasteiger partial charge in [0.15, 0.2) is 5.96 Å². The van der Waals surface area contributed by atoms with E-state index >= 15 is 0 Å². The zero-order valence-electron chi connectivity index (χ0n) is 13.8. The van der Waals surface area contributed by atoms with Crippen LogP contribution in [0.2, 0.25) is 0 Å². The molecule has 1 aromatic rings. The Morgan fingerprint density at radius 2 is 2.08 bits per heavy atom. The maximum absolute atomic E-state index is 13.6. The van der Waals surface area contributed by atoms with Gasteiger partial charge < -0.3 is 10.6 Å². The number of rotatable bonds is 5. The maximum atomic E-state index is 13.6. The van der Waals surface area contributed by atoms with Gasteiger partial charge in [0.1, 0.15) is 11.6 Å². The van der Waals surface area contributed by atoms with Crippen LogP contribution in [-0.4, -0.2) is 49.3 Å². The highest BCUT2D eigenvalue weighted by Gasteiger charge is 2.34. The topological polar surface area (TPSA) is 39.7 Å². The number of guanidine groups is 1. The number of nitrogens with zero attached hydrogens (tertiary/aromatic N) is 2. The number of benzene rings is 1. The zero-order chi connectivity index (χ0) is 18.4. The van der Waals surface area contributed by atoms with Crippen molar-refractivity contribution in [2.45, 2.75) is 32.1 Å². The molecule has 0 radical (unpaired) electrons. The lowest BCUT2D eigenvalue weighted by molar-refractivity contribution is -0.143. The Morgan fingerprint density at radius 3 is 2.76 bits per heavy atom. The van der Waals surface area contributed by atoms with Gasteiger partial charge in [-0.3, -0.25) is 4.90 Å². The van der Waals surface area contributed by atoms with Crippen LogP contribution in [0.5, 0.6) is 0 Å². The van der Waals surface area contributed by atoms with E-state index in [0.717, 1.165) is 18.2 Å². The first kappa shape index (κ1) is 19.4. The van der Waals surface area contributed by atoms with Crippen LogP contribution in [0.4, 0.5) is 22.0 Å². The molecule has 1 aliphatic rings. The van der Waals surface area contributed by atoms with Gasteiger partial charge in [0.05, 0.1) is 13.1 Å². The molecule has 0 aromatic heterocycles. The van der Waals surface area contributed by atoms with Crippen LogP contribution in [-0.2, 0) is 6.54 Å². The lowest BCUT2D eigenvalue weighted by Crippen LogP contribution is -2.45. The second-order valence-corrected chi connectivity index (χ2v) is 5.91. The molecular weight excluding hydrogens is 343 g/mol. The molecule has 1 fully saturated rings. The molecule has 0 spiro atoms. The van der Waals surface area contributed by atoms with Gasteiger partial charge in [-0.1, -0.05) is 0 Å². The number of likely N-dealkylation sites (tertiary alicyclic amines) is 1. The Bertz CT molecular complexity index is 603. The van der Waals surface area contributed by atoms with Crippen molar-refractivity contribution < 1.29 is 22.0 Å². The van der Waals surface area contributed by atoms with Gasteiger partial charge >= 0.3 is 6.18 Å². The minimum Gasteiger partial charge on any atom is -0.357 e. The molecule has 0 aliphatic carbocycles. The maximum Gasteiger partial charge on any atom is 0.401 e. The Labute approximate surface area is 143 Å². The summed E-state index contributed by atoms with van der Waals surface area (Å²) in [5.74, 6) is -0.744. The van der Waals surface area contributed by atoms with Crippen LogP contribution in [0.1, 0.15) is 18.9 Å². The first-order valence-electron chi connectivity index (χ1n) is 8.04. The summed E-state index contributed by atoms with van der Waals surface area (Å²) in [6, 6.07) is 2.95. The van der Waals surface area contributed by atoms with Gasteiger partial charge in [0, 0.05) is 31.2 Å². The smallest absolute Gasteiger partial charge is 0.357 e. The molecule has 1 unspecified atom stereocenters. The van der Waals surface area contributed by atoms with E-state index in [1.807, 2.05) is 6.92 Å². The Morgan fingerprint density at radius 1 is 1.32 bits per heavy atom. The zero-order valence-corrected chi connectivity index (χ0v) is 13.8. The van der Waals surface area contributed by atoms with Crippen molar-refractivity contribution in [1.29, 1.82) is 0 Å². The predicted octanol–water partition coefficient (Wildman–Crippen LogP) is 2.66. The Kier molecular flexibility index (Phi) is 6.57. The summed E-state index contributed by atoms with van der Waals surface area (Å²) < 4.78 is 64.1. The molecule has 0 amide bonds. The predicted molar refractivity (Wildman–Crippen MR) is 85.2 cm³/mol. The summed E-state index contributed by atoms with van der Waals surface area (Å²) in [6.45, 7) is 1.96. The van der Waals surface area contributed by atoms with E-state index in [2.05, 4.69) is 15.6 Å². The number of halogens is 5. The third-order valence-electron chi connectivity index (χ3n) is 3.78. The number of aliphatic imine (C=N–C) groups is 1. The molecular formula is C16H21F5N4. The Hall–Kier alpha value is -1.90. The van der Waals surface area contributed by atoms with Crippen molar-refractivity contribution in [2.75, 3.05) is 26.2 Å². The molecule has 1 heterocycles. The molecule has 1 aromatic carbocycles. The summed E-state index contributed by atoms with van der Waals surface area (Å²) in [5, 5.41) is 6.01. The van der Waals surface area contributed by atoms with Gasteiger partial charge in [0.2, 0.25) is 0 Å². The van der Waals surface area contributed by atoms with Gasteiger partial charge in [0.25, 0.3) is 0 Å². The van der Waals surface area contributed by atoms with Crippen LogP contribution in [0.3, 0.4) is 0 Å². The summed E-state index contributed by atoms with van der Waals surface area (Å²) in [7, 11) is 0. The highest BCUT2D eigenvalue weighted by Crippen LogP contribution is 2.20. The van der Waals surface area contributed by atoms with Gasteiger partial charge in [-0.05, 0) is 31.5 Å². The summed E-state index contributed by atoms with van der Waals surface area (Å²) >= 11 is 0. The SMILES string of the molecule is CCNC(=NCc1cc(F)ccc1F)NC1CCN(CC(F)(F)F)C1. The summed E-state index contributed by atoms with van der Waals surface area (Å²) in [5.41, 5.74) is 0.113. The number of alkyl halides is 3. The third kappa shape index (κ3) is 6.49. The fourth-order valence-electron chi connectivity index (χ4n) is 2.69. The van der Waals surface area contributed by atoms with Crippen molar-refractivity contribution in [2.24, 2.45) is 4.99 Å². The molecule has 2 N–H and O–H groups in total. The first-order valence-corrected chi connectivity index (χ1v) is 8.04. The summed E-state index contributed by atoms with van der Waals surface area (Å²) in [4.78, 5) is 5.52. The molecule has 1 aliphatic heterocycles. The lowest BCUT2D eigenvalue weighted by Gasteiger charge is -2.19. The van der Waals surface area contributed by atoms with E-state index in [9.17, 15) is 22.0 Å². The van der Waals surface area contributed by atoms with Crippen molar-refractivity contribution in [1.82, 2.24) is 15.5 Å². The van der Waals surface area contributed by atoms with Crippen molar-refractivity contribution in [3.05, 3.63) is 35.4 Å². The third-order valence-corrected chi connectivity index (χ3v) is 3.78. The second-order valence-electron chi connectivity index (χ2n) is 5.91. The molecule has 9 heteroatoms. The second kappa shape index (κ2) is 8.46. The monoisotopic (exact) mass is 364 g/mol. The molecule has 25 heavy (non-hydrogen) atoms. The van der Waals surface area contributed by atoms with Crippen molar-refractivity contribution >= 4 is 5.96 Å². The van der Waals surface area contributed by atoms with Gasteiger partial charge in [-0.15, -0.1) is 0 Å². The van der Waals surface area contributed by atoms with Crippen LogP contribution >= 0.6 is 0 Å². The standard InChI is InChI=1S/C16H21F5N4/c1-2-22-15(23-8-11-7-12(17)3-4-14(11)18)24-13-5-6-25(9-13)10-16(19,20)21/h3-4,7,13H,2,5-6,8-10H2,1H3,(H2,22,23,24). The van der Waals surface area contributed by atoms with E-state index < -0.39 is 24.4 Å². The molecule has 4 nitrogen and oxygen atoms in total. The number of nitrogens with one attached hydrogen (secondary N) is 2. The van der Waals surface area contributed by atoms with Crippen LogP contribution in [0.25, 0.3) is 0 Å². The average Bonchev–Trinajstić information content (AvgIpc) is 2.93. The average molecular weight is 364 g/mol. The highest BCUT2D eigenvalue weighted by atomic mass is 19.4. The quantitative estimate of drug-likeness (QED) is 0.479. The molecule has 140 valence electrons. The van der Waals surface area contributed by atoms with E-state index in [1.54, 1.807) is 0 Å². The van der Waals surface area contributed by atoms with Crippen LogP contribution in [0, 0.1) is 11.6 Å². The number of hydrogen-bond donors (Lipinski definition) is 2. The van der Waals surface area contributed by atoms with E-state index in [1.165, 1.54) is 4.90 Å². The number of hydrogen-bond acceptors (Lipinski definition) is 2. The van der Waals surface area contributed by atoms with Crippen LogP contribution in [0.15, 0.2) is 23.2 Å².